The first-order chi connectivity index (χ1) is 23.7. The summed E-state index contributed by atoms with van der Waals surface area (Å²) in [7, 11) is 0. The first kappa shape index (κ1) is 31.0. The predicted octanol–water partition coefficient (Wildman–Crippen LogP) is 7.44. The molecular weight excluding hydrogens is 596 g/mol. The van der Waals surface area contributed by atoms with Crippen molar-refractivity contribution < 1.29 is 9.59 Å². The molecule has 0 amide bonds. The molecular formula is C40H42N6O2. The molecule has 4 heterocycles. The van der Waals surface area contributed by atoms with E-state index in [2.05, 4.69) is 93.0 Å². The molecule has 2 aromatic heterocycles. The first-order valence-corrected chi connectivity index (χ1v) is 17.7. The average Bonchev–Trinajstić information content (AvgIpc) is 3.98. The Kier molecular flexibility index (Phi) is 8.81. The van der Waals surface area contributed by atoms with Crippen molar-refractivity contribution in [3.63, 3.8) is 0 Å². The molecule has 2 saturated heterocycles. The SMILES string of the molecule is O=C=C1CCC[CH]C1N1CCCC1c1ncc(-c2ccc(-c3ccc(-c4cnc(C5CCCN5[C@H]5[CH]CCCC5=C=O)[nH]4)cc3)cc2)[nH]1. The molecule has 4 atom stereocenters. The molecule has 244 valence electrons. The molecule has 8 nitrogen and oxygen atoms in total. The fraction of sp³-hybridized carbons (Fsp3) is 0.400. The minimum atomic E-state index is 0.0800. The molecule has 4 fully saturated rings. The second-order valence-electron chi connectivity index (χ2n) is 13.7. The van der Waals surface area contributed by atoms with Gasteiger partial charge in [-0.25, -0.2) is 19.6 Å². The number of benzene rings is 2. The van der Waals surface area contributed by atoms with Crippen molar-refractivity contribution in [3.05, 3.63) is 96.6 Å². The zero-order valence-corrected chi connectivity index (χ0v) is 27.3. The van der Waals surface area contributed by atoms with Crippen molar-refractivity contribution in [2.24, 2.45) is 0 Å². The van der Waals surface area contributed by atoms with Gasteiger partial charge in [-0.05, 0) is 112 Å². The molecule has 0 spiro atoms. The molecule has 4 aliphatic rings. The van der Waals surface area contributed by atoms with Gasteiger partial charge in [-0.1, -0.05) is 48.5 Å². The van der Waals surface area contributed by atoms with Gasteiger partial charge in [0.1, 0.15) is 23.5 Å². The van der Waals surface area contributed by atoms with Crippen LogP contribution >= 0.6 is 0 Å². The topological polar surface area (TPSA) is 98.0 Å². The van der Waals surface area contributed by atoms with Gasteiger partial charge in [0.15, 0.2) is 0 Å². The lowest BCUT2D eigenvalue weighted by Gasteiger charge is -2.34. The van der Waals surface area contributed by atoms with E-state index in [1.54, 1.807) is 0 Å². The predicted molar refractivity (Wildman–Crippen MR) is 187 cm³/mol. The van der Waals surface area contributed by atoms with E-state index in [0.717, 1.165) is 134 Å². The Bertz CT molecular complexity index is 1710. The van der Waals surface area contributed by atoms with Crippen LogP contribution in [-0.4, -0.2) is 66.8 Å². The normalized spacial score (nSPS) is 25.3. The van der Waals surface area contributed by atoms with Crippen molar-refractivity contribution >= 4 is 11.9 Å². The monoisotopic (exact) mass is 638 g/mol. The van der Waals surface area contributed by atoms with Gasteiger partial charge in [0.2, 0.25) is 0 Å². The van der Waals surface area contributed by atoms with E-state index in [1.807, 2.05) is 12.4 Å². The Hall–Kier alpha value is -4.32. The number of nitrogens with zero attached hydrogens (tertiary/aromatic N) is 4. The van der Waals surface area contributed by atoms with Crippen LogP contribution in [0.3, 0.4) is 0 Å². The molecule has 2 aromatic carbocycles. The van der Waals surface area contributed by atoms with Crippen LogP contribution in [0.4, 0.5) is 0 Å². The van der Waals surface area contributed by atoms with Gasteiger partial charge < -0.3 is 9.97 Å². The summed E-state index contributed by atoms with van der Waals surface area (Å²) in [5.41, 5.74) is 8.30. The van der Waals surface area contributed by atoms with Crippen LogP contribution in [0.5, 0.6) is 0 Å². The van der Waals surface area contributed by atoms with Gasteiger partial charge >= 0.3 is 0 Å². The maximum atomic E-state index is 11.6. The van der Waals surface area contributed by atoms with E-state index in [-0.39, 0.29) is 24.2 Å². The summed E-state index contributed by atoms with van der Waals surface area (Å²) in [6.07, 6.45) is 18.6. The highest BCUT2D eigenvalue weighted by Crippen LogP contribution is 2.40. The van der Waals surface area contributed by atoms with Crippen LogP contribution in [0.15, 0.2) is 72.1 Å². The highest BCUT2D eigenvalue weighted by atomic mass is 16.1. The van der Waals surface area contributed by atoms with Crippen molar-refractivity contribution in [2.45, 2.75) is 88.4 Å². The summed E-state index contributed by atoms with van der Waals surface area (Å²) >= 11 is 0. The smallest absolute Gasteiger partial charge is 0.125 e. The summed E-state index contributed by atoms with van der Waals surface area (Å²) in [5.74, 6) is 6.42. The molecule has 2 saturated carbocycles. The van der Waals surface area contributed by atoms with Gasteiger partial charge in [-0.2, -0.15) is 0 Å². The summed E-state index contributed by atoms with van der Waals surface area (Å²) < 4.78 is 0. The number of aromatic nitrogens is 4. The Morgan fingerprint density at radius 3 is 1.42 bits per heavy atom. The molecule has 8 rings (SSSR count). The Morgan fingerprint density at radius 2 is 1.00 bits per heavy atom. The van der Waals surface area contributed by atoms with Crippen molar-refractivity contribution in [1.82, 2.24) is 29.7 Å². The number of hydrogen-bond acceptors (Lipinski definition) is 6. The van der Waals surface area contributed by atoms with E-state index >= 15 is 0 Å². The highest BCUT2D eigenvalue weighted by molar-refractivity contribution is 5.71. The second kappa shape index (κ2) is 13.7. The van der Waals surface area contributed by atoms with Crippen LogP contribution in [0.2, 0.25) is 0 Å². The number of hydrogen-bond donors (Lipinski definition) is 2. The lowest BCUT2D eigenvalue weighted by Crippen LogP contribution is -2.38. The number of rotatable bonds is 7. The zero-order valence-electron chi connectivity index (χ0n) is 27.3. The highest BCUT2D eigenvalue weighted by Gasteiger charge is 2.38. The molecule has 48 heavy (non-hydrogen) atoms. The minimum Gasteiger partial charge on any atom is -0.341 e. The molecule has 4 aromatic rings. The van der Waals surface area contributed by atoms with Crippen molar-refractivity contribution in [3.8, 4) is 33.6 Å². The van der Waals surface area contributed by atoms with Crippen LogP contribution in [0.25, 0.3) is 33.6 Å². The van der Waals surface area contributed by atoms with E-state index in [9.17, 15) is 9.59 Å². The number of likely N-dealkylation sites (tertiary alicyclic amines) is 2. The number of imidazole rings is 2. The molecule has 2 aliphatic heterocycles. The quantitative estimate of drug-likeness (QED) is 0.204. The number of carbonyl (C=O) groups excluding carboxylic acids is 2. The van der Waals surface area contributed by atoms with Crippen LogP contribution < -0.4 is 0 Å². The minimum absolute atomic E-state index is 0.0800. The maximum Gasteiger partial charge on any atom is 0.125 e. The largest absolute Gasteiger partial charge is 0.341 e. The molecule has 0 bridgehead atoms. The van der Waals surface area contributed by atoms with E-state index in [0.29, 0.717) is 0 Å². The fourth-order valence-electron chi connectivity index (χ4n) is 8.43. The van der Waals surface area contributed by atoms with E-state index in [1.165, 1.54) is 0 Å². The third-order valence-electron chi connectivity index (χ3n) is 10.9. The van der Waals surface area contributed by atoms with E-state index in [4.69, 9.17) is 9.97 Å². The molecule has 2 aliphatic carbocycles. The molecule has 3 unspecified atom stereocenters. The van der Waals surface area contributed by atoms with Crippen molar-refractivity contribution in [1.29, 1.82) is 0 Å². The third kappa shape index (κ3) is 5.95. The summed E-state index contributed by atoms with van der Waals surface area (Å²) in [6, 6.07) is 17.8. The standard InChI is InChI=1S/C40H42N6O2/c47-25-31-7-1-3-9-35(31)45-21-5-11-37(45)39-41-23-33(43-39)29-17-13-27(14-18-29)28-15-19-30(20-16-28)34-24-42-40(44-34)38-12-6-22-46(38)36-10-4-2-8-32(36)26-48/h9-10,13-20,23-24,35-38H,1-8,11-12,21-22H2,(H,41,43)(H,42,44)/t35-,36?,37?,38?/m0/s1. The van der Waals surface area contributed by atoms with Gasteiger partial charge in [0.05, 0.1) is 35.9 Å². The van der Waals surface area contributed by atoms with Gasteiger partial charge in [0, 0.05) is 23.2 Å². The van der Waals surface area contributed by atoms with Crippen molar-refractivity contribution in [2.75, 3.05) is 13.1 Å². The summed E-state index contributed by atoms with van der Waals surface area (Å²) in [5, 5.41) is 0. The molecule has 2 N–H and O–H groups in total. The first-order valence-electron chi connectivity index (χ1n) is 17.7. The summed E-state index contributed by atoms with van der Waals surface area (Å²) in [6.45, 7) is 1.95. The summed E-state index contributed by atoms with van der Waals surface area (Å²) in [4.78, 5) is 45.0. The maximum absolute atomic E-state index is 11.6. The Balaban J connectivity index is 0.939. The van der Waals surface area contributed by atoms with Gasteiger partial charge in [0.25, 0.3) is 0 Å². The average molecular weight is 639 g/mol. The number of H-pyrrole nitrogens is 2. The second-order valence-corrected chi connectivity index (χ2v) is 13.7. The fourth-order valence-corrected chi connectivity index (χ4v) is 8.43. The van der Waals surface area contributed by atoms with E-state index < -0.39 is 0 Å². The van der Waals surface area contributed by atoms with Gasteiger partial charge in [-0.3, -0.25) is 9.80 Å². The molecule has 2 radical (unpaired) electrons. The Labute approximate surface area is 282 Å². The third-order valence-corrected chi connectivity index (χ3v) is 10.9. The van der Waals surface area contributed by atoms with Crippen LogP contribution in [0.1, 0.15) is 87.9 Å². The number of nitrogens with one attached hydrogen (secondary N) is 2. The van der Waals surface area contributed by atoms with Gasteiger partial charge in [-0.15, -0.1) is 0 Å². The van der Waals surface area contributed by atoms with Crippen LogP contribution in [0, 0.1) is 12.8 Å². The zero-order chi connectivity index (χ0) is 32.5. The van der Waals surface area contributed by atoms with Crippen LogP contribution in [-0.2, 0) is 9.59 Å². The lowest BCUT2D eigenvalue weighted by atomic mass is 9.89. The number of aromatic amines is 2. The lowest BCUT2D eigenvalue weighted by molar-refractivity contribution is 0.205. The Morgan fingerprint density at radius 1 is 0.583 bits per heavy atom. The molecule has 8 heteroatoms.